The van der Waals surface area contributed by atoms with Crippen molar-refractivity contribution in [1.82, 2.24) is 10.2 Å². The zero-order valence-corrected chi connectivity index (χ0v) is 18.8. The van der Waals surface area contributed by atoms with Gasteiger partial charge in [0, 0.05) is 24.2 Å². The molecule has 7 nitrogen and oxygen atoms in total. The van der Waals surface area contributed by atoms with Crippen LogP contribution in [0.2, 0.25) is 0 Å². The predicted molar refractivity (Wildman–Crippen MR) is 123 cm³/mol. The van der Waals surface area contributed by atoms with Crippen molar-refractivity contribution < 1.29 is 14.5 Å². The van der Waals surface area contributed by atoms with Crippen molar-refractivity contribution in [3.8, 4) is 0 Å². The number of para-hydroxylation sites is 1. The highest BCUT2D eigenvalue weighted by atomic mass is 16.6. The Balaban J connectivity index is 1.81. The summed E-state index contributed by atoms with van der Waals surface area (Å²) in [6.45, 7) is 3.97. The topological polar surface area (TPSA) is 92.6 Å². The molecule has 2 aromatic rings. The van der Waals surface area contributed by atoms with E-state index >= 15 is 0 Å². The summed E-state index contributed by atoms with van der Waals surface area (Å²) in [7, 11) is 0. The number of nitrogens with one attached hydrogen (secondary N) is 1. The van der Waals surface area contributed by atoms with E-state index in [1.807, 2.05) is 31.2 Å². The third kappa shape index (κ3) is 6.15. The molecule has 0 radical (unpaired) electrons. The Morgan fingerprint density at radius 1 is 1.12 bits per heavy atom. The summed E-state index contributed by atoms with van der Waals surface area (Å²) in [5.41, 5.74) is 2.23. The standard InChI is InChI=1S/C25H31N3O4/c1-18-9-8-10-20(15-18)17-27(19(2)25(30)26-22-12-4-3-5-13-22)24(29)16-21-11-6-7-14-23(21)28(31)32/h6-11,14-15,19,22H,3-5,12-13,16-17H2,1-2H3,(H,26,30)/t19-/m0/s1. The number of hydrogen-bond acceptors (Lipinski definition) is 4. The van der Waals surface area contributed by atoms with E-state index in [1.165, 1.54) is 17.4 Å². The van der Waals surface area contributed by atoms with Crippen molar-refractivity contribution in [3.63, 3.8) is 0 Å². The maximum Gasteiger partial charge on any atom is 0.273 e. The maximum atomic E-state index is 13.3. The minimum Gasteiger partial charge on any atom is -0.352 e. The zero-order chi connectivity index (χ0) is 23.1. The fraction of sp³-hybridized carbons (Fsp3) is 0.440. The van der Waals surface area contributed by atoms with Gasteiger partial charge in [0.1, 0.15) is 6.04 Å². The summed E-state index contributed by atoms with van der Waals surface area (Å²) < 4.78 is 0. The summed E-state index contributed by atoms with van der Waals surface area (Å²) >= 11 is 0. The van der Waals surface area contributed by atoms with Gasteiger partial charge in [-0.3, -0.25) is 19.7 Å². The first-order valence-electron chi connectivity index (χ1n) is 11.2. The van der Waals surface area contributed by atoms with Gasteiger partial charge in [-0.25, -0.2) is 0 Å². The summed E-state index contributed by atoms with van der Waals surface area (Å²) in [6.07, 6.45) is 5.17. The number of amides is 2. The second kappa shape index (κ2) is 10.9. The summed E-state index contributed by atoms with van der Waals surface area (Å²) in [5.74, 6) is -0.493. The zero-order valence-electron chi connectivity index (χ0n) is 18.8. The first-order valence-corrected chi connectivity index (χ1v) is 11.2. The van der Waals surface area contributed by atoms with Gasteiger partial charge in [0.25, 0.3) is 5.69 Å². The van der Waals surface area contributed by atoms with E-state index in [2.05, 4.69) is 5.32 Å². The Morgan fingerprint density at radius 2 is 1.84 bits per heavy atom. The number of carbonyl (C=O) groups excluding carboxylic acids is 2. The van der Waals surface area contributed by atoms with Crippen LogP contribution in [0.15, 0.2) is 48.5 Å². The van der Waals surface area contributed by atoms with Crippen LogP contribution in [0.1, 0.15) is 55.7 Å². The lowest BCUT2D eigenvalue weighted by molar-refractivity contribution is -0.385. The molecule has 0 bridgehead atoms. The number of carbonyl (C=O) groups is 2. The highest BCUT2D eigenvalue weighted by Gasteiger charge is 2.29. The monoisotopic (exact) mass is 437 g/mol. The molecule has 32 heavy (non-hydrogen) atoms. The number of aryl methyl sites for hydroxylation is 1. The Morgan fingerprint density at radius 3 is 2.53 bits per heavy atom. The predicted octanol–water partition coefficient (Wildman–Crippen LogP) is 4.31. The first-order chi connectivity index (χ1) is 15.3. The van der Waals surface area contributed by atoms with Crippen molar-refractivity contribution in [3.05, 3.63) is 75.3 Å². The molecule has 1 atom stereocenters. The normalized spacial score (nSPS) is 15.1. The molecule has 1 aliphatic rings. The van der Waals surface area contributed by atoms with E-state index in [9.17, 15) is 19.7 Å². The molecule has 2 amide bonds. The van der Waals surface area contributed by atoms with Crippen molar-refractivity contribution >= 4 is 17.5 Å². The maximum absolute atomic E-state index is 13.3. The van der Waals surface area contributed by atoms with Crippen LogP contribution in [0, 0.1) is 17.0 Å². The summed E-state index contributed by atoms with van der Waals surface area (Å²) in [4.78, 5) is 38.8. The molecule has 170 valence electrons. The van der Waals surface area contributed by atoms with Crippen LogP contribution in [0.4, 0.5) is 5.69 Å². The van der Waals surface area contributed by atoms with Gasteiger partial charge in [-0.15, -0.1) is 0 Å². The SMILES string of the molecule is Cc1cccc(CN(C(=O)Cc2ccccc2[N+](=O)[O-])[C@@H](C)C(=O)NC2CCCCC2)c1. The van der Waals surface area contributed by atoms with Gasteiger partial charge in [0.2, 0.25) is 11.8 Å². The van der Waals surface area contributed by atoms with E-state index in [0.29, 0.717) is 5.56 Å². The van der Waals surface area contributed by atoms with E-state index < -0.39 is 11.0 Å². The Bertz CT molecular complexity index is 969. The number of rotatable bonds is 8. The molecule has 1 saturated carbocycles. The molecule has 0 unspecified atom stereocenters. The van der Waals surface area contributed by atoms with Crippen LogP contribution >= 0.6 is 0 Å². The van der Waals surface area contributed by atoms with Crippen LogP contribution < -0.4 is 5.32 Å². The molecule has 1 fully saturated rings. The molecular weight excluding hydrogens is 406 g/mol. The van der Waals surface area contributed by atoms with Crippen molar-refractivity contribution in [2.45, 2.75) is 71.0 Å². The number of nitrogens with zero attached hydrogens (tertiary/aromatic N) is 2. The van der Waals surface area contributed by atoms with Crippen LogP contribution in [-0.4, -0.2) is 33.7 Å². The van der Waals surface area contributed by atoms with E-state index in [4.69, 9.17) is 0 Å². The van der Waals surface area contributed by atoms with Crippen molar-refractivity contribution in [2.24, 2.45) is 0 Å². The molecule has 0 heterocycles. The van der Waals surface area contributed by atoms with Gasteiger partial charge in [0.15, 0.2) is 0 Å². The lowest BCUT2D eigenvalue weighted by Crippen LogP contribution is -2.50. The number of benzene rings is 2. The van der Waals surface area contributed by atoms with E-state index in [0.717, 1.165) is 36.8 Å². The number of hydrogen-bond donors (Lipinski definition) is 1. The van der Waals surface area contributed by atoms with Gasteiger partial charge in [-0.2, -0.15) is 0 Å². The molecule has 1 N–H and O–H groups in total. The third-order valence-corrected chi connectivity index (χ3v) is 6.08. The van der Waals surface area contributed by atoms with Gasteiger partial charge in [0.05, 0.1) is 11.3 Å². The summed E-state index contributed by atoms with van der Waals surface area (Å²) in [6, 6.07) is 13.5. The summed E-state index contributed by atoms with van der Waals surface area (Å²) in [5, 5.41) is 14.5. The van der Waals surface area contributed by atoms with Gasteiger partial charge < -0.3 is 10.2 Å². The smallest absolute Gasteiger partial charge is 0.273 e. The van der Waals surface area contributed by atoms with Crippen LogP contribution in [-0.2, 0) is 22.6 Å². The second-order valence-corrected chi connectivity index (χ2v) is 8.59. The minimum absolute atomic E-state index is 0.0873. The van der Waals surface area contributed by atoms with Gasteiger partial charge >= 0.3 is 0 Å². The molecule has 7 heteroatoms. The Labute approximate surface area is 189 Å². The van der Waals surface area contributed by atoms with Crippen molar-refractivity contribution in [1.29, 1.82) is 0 Å². The number of nitro benzene ring substituents is 1. The molecule has 0 aliphatic heterocycles. The second-order valence-electron chi connectivity index (χ2n) is 8.59. The number of nitro groups is 1. The lowest BCUT2D eigenvalue weighted by Gasteiger charge is -2.31. The van der Waals surface area contributed by atoms with Gasteiger partial charge in [-0.05, 0) is 32.3 Å². The first kappa shape index (κ1) is 23.4. The molecular formula is C25H31N3O4. The van der Waals surface area contributed by atoms with Crippen LogP contribution in [0.25, 0.3) is 0 Å². The van der Waals surface area contributed by atoms with E-state index in [1.54, 1.807) is 25.1 Å². The highest BCUT2D eigenvalue weighted by Crippen LogP contribution is 2.21. The van der Waals surface area contributed by atoms with Gasteiger partial charge in [-0.1, -0.05) is 67.3 Å². The molecule has 0 spiro atoms. The molecule has 0 aromatic heterocycles. The fourth-order valence-electron chi connectivity index (χ4n) is 4.26. The van der Waals surface area contributed by atoms with Crippen LogP contribution in [0.3, 0.4) is 0 Å². The Hall–Kier alpha value is -3.22. The average molecular weight is 438 g/mol. The molecule has 2 aromatic carbocycles. The highest BCUT2D eigenvalue weighted by molar-refractivity contribution is 5.88. The van der Waals surface area contributed by atoms with Crippen LogP contribution in [0.5, 0.6) is 0 Å². The average Bonchev–Trinajstić information content (AvgIpc) is 2.78. The quantitative estimate of drug-likeness (QED) is 0.492. The largest absolute Gasteiger partial charge is 0.352 e. The van der Waals surface area contributed by atoms with E-state index in [-0.39, 0.29) is 36.5 Å². The third-order valence-electron chi connectivity index (χ3n) is 6.08. The fourth-order valence-corrected chi connectivity index (χ4v) is 4.26. The molecule has 0 saturated heterocycles. The Kier molecular flexibility index (Phi) is 7.98. The molecule has 1 aliphatic carbocycles. The lowest BCUT2D eigenvalue weighted by atomic mass is 9.95. The molecule has 3 rings (SSSR count). The van der Waals surface area contributed by atoms with Crippen molar-refractivity contribution in [2.75, 3.05) is 0 Å². The minimum atomic E-state index is -0.687.